The van der Waals surface area contributed by atoms with Gasteiger partial charge in [-0.1, -0.05) is 48.5 Å². The van der Waals surface area contributed by atoms with Gasteiger partial charge in [-0.2, -0.15) is 0 Å². The molecule has 0 radical (unpaired) electrons. The Balaban J connectivity index is 1.26. The van der Waals surface area contributed by atoms with Crippen molar-refractivity contribution in [2.24, 2.45) is 11.7 Å². The molecule has 0 fully saturated rings. The second-order valence-corrected chi connectivity index (χ2v) is 13.2. The first-order valence-electron chi connectivity index (χ1n) is 16.4. The van der Waals surface area contributed by atoms with Crippen LogP contribution in [0.4, 0.5) is 5.69 Å². The smallest absolute Gasteiger partial charge is 0.186 e. The zero-order chi connectivity index (χ0) is 27.8. The third-order valence-corrected chi connectivity index (χ3v) is 10.8. The van der Waals surface area contributed by atoms with Crippen LogP contribution in [0.5, 0.6) is 5.75 Å². The summed E-state index contributed by atoms with van der Waals surface area (Å²) in [6, 6.07) is 20.6. The van der Waals surface area contributed by atoms with Crippen LogP contribution in [0.1, 0.15) is 72.8 Å². The standard InChI is InChI=1S/C38H40N3O/c39-23-24-9-11-25(12-10-24)26-13-15-27(16-14-26)34-32-21-28-5-1-17-40-19-3-7-30(35(28)40)37(32)42-38-31-8-4-20-41-18-2-6-29(36(31)41)22-33(34)38/h9-16,21,29H,1-8,17-20,22-23,39H2/q+1. The maximum Gasteiger partial charge on any atom is 0.186 e. The highest BCUT2D eigenvalue weighted by Gasteiger charge is 2.45. The summed E-state index contributed by atoms with van der Waals surface area (Å²) >= 11 is 0. The average molecular weight is 555 g/mol. The molecule has 0 saturated carbocycles. The highest BCUT2D eigenvalue weighted by Crippen LogP contribution is 2.54. The van der Waals surface area contributed by atoms with E-state index in [1.54, 1.807) is 5.71 Å². The van der Waals surface area contributed by atoms with Gasteiger partial charge >= 0.3 is 0 Å². The maximum absolute atomic E-state index is 7.24. The Labute approximate surface area is 249 Å². The number of rotatable bonds is 3. The molecule has 5 heterocycles. The molecule has 0 aromatic heterocycles. The minimum absolute atomic E-state index is 0.580. The second-order valence-electron chi connectivity index (χ2n) is 13.2. The van der Waals surface area contributed by atoms with E-state index in [9.17, 15) is 0 Å². The van der Waals surface area contributed by atoms with Crippen molar-refractivity contribution < 1.29 is 9.31 Å². The van der Waals surface area contributed by atoms with Gasteiger partial charge in [-0.25, -0.2) is 4.58 Å². The Bertz CT molecular complexity index is 1700. The van der Waals surface area contributed by atoms with Crippen molar-refractivity contribution in [3.63, 3.8) is 0 Å². The maximum atomic E-state index is 7.24. The molecule has 1 atom stereocenters. The van der Waals surface area contributed by atoms with E-state index in [-0.39, 0.29) is 0 Å². The number of fused-ring (bicyclic) bond motifs is 3. The number of nitrogens with zero attached hydrogens (tertiary/aromatic N) is 2. The molecule has 6 aliphatic rings. The van der Waals surface area contributed by atoms with Gasteiger partial charge in [-0.3, -0.25) is 0 Å². The van der Waals surface area contributed by atoms with Crippen LogP contribution in [0.2, 0.25) is 0 Å². The van der Waals surface area contributed by atoms with Crippen LogP contribution >= 0.6 is 0 Å². The molecule has 1 aliphatic carbocycles. The van der Waals surface area contributed by atoms with Crippen molar-refractivity contribution in [2.75, 3.05) is 31.1 Å². The fraction of sp³-hybridized carbons (Fsp3) is 0.395. The van der Waals surface area contributed by atoms with Gasteiger partial charge in [0.2, 0.25) is 0 Å². The predicted molar refractivity (Wildman–Crippen MR) is 170 cm³/mol. The van der Waals surface area contributed by atoms with Crippen LogP contribution in [0, 0.1) is 5.92 Å². The third kappa shape index (κ3) is 3.74. The first kappa shape index (κ1) is 24.9. The number of hydrogen-bond donors (Lipinski definition) is 1. The molecule has 2 N–H and O–H groups in total. The molecular formula is C38H40N3O+. The van der Waals surface area contributed by atoms with E-state index >= 15 is 0 Å². The Morgan fingerprint density at radius 2 is 1.55 bits per heavy atom. The average Bonchev–Trinajstić information content (AvgIpc) is 3.05. The lowest BCUT2D eigenvalue weighted by atomic mass is 9.72. The highest BCUT2D eigenvalue weighted by atomic mass is 16.5. The lowest BCUT2D eigenvalue weighted by molar-refractivity contribution is -0.538. The van der Waals surface area contributed by atoms with Gasteiger partial charge in [0.05, 0.1) is 5.57 Å². The lowest BCUT2D eigenvalue weighted by Crippen LogP contribution is -2.42. The molecule has 212 valence electrons. The summed E-state index contributed by atoms with van der Waals surface area (Å²) in [5.74, 6) is 3.00. The zero-order valence-electron chi connectivity index (χ0n) is 24.6. The number of benzene rings is 3. The van der Waals surface area contributed by atoms with Gasteiger partial charge in [0, 0.05) is 60.8 Å². The summed E-state index contributed by atoms with van der Waals surface area (Å²) in [5.41, 5.74) is 22.7. The third-order valence-electron chi connectivity index (χ3n) is 10.8. The normalized spacial score (nSPS) is 22.3. The van der Waals surface area contributed by atoms with Gasteiger partial charge in [0.15, 0.2) is 5.71 Å². The van der Waals surface area contributed by atoms with E-state index in [0.29, 0.717) is 12.5 Å². The largest absolute Gasteiger partial charge is 0.455 e. The van der Waals surface area contributed by atoms with Crippen LogP contribution in [0.3, 0.4) is 0 Å². The molecule has 5 aliphatic heterocycles. The lowest BCUT2D eigenvalue weighted by Gasteiger charge is -2.42. The van der Waals surface area contributed by atoms with Crippen LogP contribution < -0.4 is 15.4 Å². The van der Waals surface area contributed by atoms with E-state index in [1.165, 1.54) is 132 Å². The van der Waals surface area contributed by atoms with E-state index in [1.807, 2.05) is 0 Å². The Hall–Kier alpha value is -3.63. The number of anilines is 1. The summed E-state index contributed by atoms with van der Waals surface area (Å²) in [6.07, 6.45) is 10.9. The number of aryl methyl sites for hydroxylation is 1. The summed E-state index contributed by atoms with van der Waals surface area (Å²) < 4.78 is 9.95. The van der Waals surface area contributed by atoms with Crippen molar-refractivity contribution in [2.45, 2.75) is 64.3 Å². The second kappa shape index (κ2) is 9.70. The van der Waals surface area contributed by atoms with Crippen molar-refractivity contribution in [1.82, 2.24) is 0 Å². The van der Waals surface area contributed by atoms with Crippen LogP contribution in [0.25, 0.3) is 16.7 Å². The first-order valence-corrected chi connectivity index (χ1v) is 16.4. The molecule has 0 amide bonds. The monoisotopic (exact) mass is 554 g/mol. The number of hydrogen-bond acceptors (Lipinski definition) is 3. The van der Waals surface area contributed by atoms with Gasteiger partial charge in [-0.05, 0) is 84.4 Å². The van der Waals surface area contributed by atoms with E-state index in [2.05, 4.69) is 64.1 Å². The molecular weight excluding hydrogens is 514 g/mol. The Morgan fingerprint density at radius 3 is 2.36 bits per heavy atom. The molecule has 0 saturated heterocycles. The molecule has 42 heavy (non-hydrogen) atoms. The van der Waals surface area contributed by atoms with Crippen molar-refractivity contribution >= 4 is 17.0 Å². The number of nitrogens with two attached hydrogens (primary N) is 1. The fourth-order valence-electron chi connectivity index (χ4n) is 8.97. The molecule has 9 rings (SSSR count). The number of allylic oxidation sites excluding steroid dienone is 2. The zero-order valence-corrected chi connectivity index (χ0v) is 24.6. The van der Waals surface area contributed by atoms with Crippen LogP contribution in [0.15, 0.2) is 71.5 Å². The minimum Gasteiger partial charge on any atom is -0.455 e. The fourth-order valence-corrected chi connectivity index (χ4v) is 8.97. The van der Waals surface area contributed by atoms with Crippen molar-refractivity contribution in [3.05, 3.63) is 99.3 Å². The molecule has 3 aromatic carbocycles. The van der Waals surface area contributed by atoms with Crippen LogP contribution in [-0.2, 0) is 19.4 Å². The molecule has 0 spiro atoms. The van der Waals surface area contributed by atoms with Gasteiger partial charge in [0.25, 0.3) is 0 Å². The summed E-state index contributed by atoms with van der Waals surface area (Å²) in [7, 11) is 0. The van der Waals surface area contributed by atoms with Crippen molar-refractivity contribution in [3.8, 4) is 16.9 Å². The van der Waals surface area contributed by atoms with Crippen LogP contribution in [-0.4, -0.2) is 36.5 Å². The molecule has 0 bridgehead atoms. The highest BCUT2D eigenvalue weighted by molar-refractivity contribution is 6.04. The molecule has 3 aromatic rings. The molecule has 4 nitrogen and oxygen atoms in total. The van der Waals surface area contributed by atoms with E-state index in [0.717, 1.165) is 25.0 Å². The SMILES string of the molecule is NCc1ccc(-c2ccc(C3=C4CC5CCC[N+]6=C5C(=C4Oc4c3cc3c5c4CCCN5CCC3)CCC6)cc2)cc1. The molecule has 1 unspecified atom stereocenters. The Kier molecular flexibility index (Phi) is 5.76. The van der Waals surface area contributed by atoms with Gasteiger partial charge in [-0.15, -0.1) is 0 Å². The Morgan fingerprint density at radius 1 is 0.810 bits per heavy atom. The van der Waals surface area contributed by atoms with Gasteiger partial charge < -0.3 is 15.4 Å². The minimum atomic E-state index is 0.580. The summed E-state index contributed by atoms with van der Waals surface area (Å²) in [5, 5.41) is 0. The van der Waals surface area contributed by atoms with Crippen molar-refractivity contribution in [1.29, 1.82) is 0 Å². The van der Waals surface area contributed by atoms with E-state index < -0.39 is 0 Å². The molecule has 4 heteroatoms. The number of ether oxygens (including phenoxy) is 1. The summed E-state index contributed by atoms with van der Waals surface area (Å²) in [6.45, 7) is 5.38. The first-order chi connectivity index (χ1) is 20.8. The van der Waals surface area contributed by atoms with Gasteiger partial charge in [0.1, 0.15) is 24.6 Å². The van der Waals surface area contributed by atoms with E-state index in [4.69, 9.17) is 10.5 Å². The topological polar surface area (TPSA) is 41.5 Å². The summed E-state index contributed by atoms with van der Waals surface area (Å²) in [4.78, 5) is 2.65. The quantitative estimate of drug-likeness (QED) is 0.354. The predicted octanol–water partition coefficient (Wildman–Crippen LogP) is 7.02.